The zero-order valence-corrected chi connectivity index (χ0v) is 10.8. The molecule has 86 valence electrons. The van der Waals surface area contributed by atoms with Gasteiger partial charge >= 0.3 is 0 Å². The van der Waals surface area contributed by atoms with Crippen molar-refractivity contribution in [2.24, 2.45) is 0 Å². The van der Waals surface area contributed by atoms with Crippen LogP contribution in [0.25, 0.3) is 0 Å². The second-order valence-electron chi connectivity index (χ2n) is 4.32. The number of halogens is 1. The van der Waals surface area contributed by atoms with Gasteiger partial charge in [0, 0.05) is 29.9 Å². The van der Waals surface area contributed by atoms with E-state index in [0.29, 0.717) is 24.7 Å². The van der Waals surface area contributed by atoms with Crippen LogP contribution in [0.2, 0.25) is 0 Å². The van der Waals surface area contributed by atoms with Crippen LogP contribution in [0.3, 0.4) is 0 Å². The van der Waals surface area contributed by atoms with Crippen molar-refractivity contribution in [3.8, 4) is 0 Å². The van der Waals surface area contributed by atoms with Gasteiger partial charge in [0.2, 0.25) is 0 Å². The summed E-state index contributed by atoms with van der Waals surface area (Å²) in [6.45, 7) is 0.831. The van der Waals surface area contributed by atoms with Crippen molar-refractivity contribution in [1.29, 1.82) is 0 Å². The molecule has 1 aliphatic rings. The molecule has 1 N–H and O–H groups in total. The van der Waals surface area contributed by atoms with Gasteiger partial charge < -0.3 is 5.32 Å². The minimum atomic E-state index is 0.311. The summed E-state index contributed by atoms with van der Waals surface area (Å²) in [4.78, 5) is 11.7. The summed E-state index contributed by atoms with van der Waals surface area (Å²) in [5.74, 6) is 0.311. The van der Waals surface area contributed by atoms with Gasteiger partial charge in [-0.3, -0.25) is 4.79 Å². The van der Waals surface area contributed by atoms with Crippen molar-refractivity contribution >= 4 is 21.7 Å². The van der Waals surface area contributed by atoms with Gasteiger partial charge in [0.25, 0.3) is 0 Å². The Hall–Kier alpha value is -0.670. The molecule has 0 bridgehead atoms. The molecule has 1 aliphatic carbocycles. The van der Waals surface area contributed by atoms with E-state index in [2.05, 4.69) is 21.2 Å². The van der Waals surface area contributed by atoms with Crippen LogP contribution in [0.1, 0.15) is 24.8 Å². The van der Waals surface area contributed by atoms with E-state index in [-0.39, 0.29) is 0 Å². The second-order valence-corrected chi connectivity index (χ2v) is 5.24. The van der Waals surface area contributed by atoms with E-state index in [4.69, 9.17) is 0 Å². The molecule has 0 spiro atoms. The lowest BCUT2D eigenvalue weighted by molar-refractivity contribution is -0.118. The highest BCUT2D eigenvalue weighted by molar-refractivity contribution is 9.10. The lowest BCUT2D eigenvalue weighted by Gasteiger charge is -2.03. The number of carbonyl (C=O) groups is 1. The van der Waals surface area contributed by atoms with E-state index in [1.165, 1.54) is 12.8 Å². The number of nitrogens with one attached hydrogen (secondary N) is 1. The summed E-state index contributed by atoms with van der Waals surface area (Å²) in [6, 6.07) is 8.64. The molecule has 3 heteroatoms. The maximum Gasteiger partial charge on any atom is 0.138 e. The van der Waals surface area contributed by atoms with Crippen molar-refractivity contribution in [2.45, 2.75) is 31.7 Å². The summed E-state index contributed by atoms with van der Waals surface area (Å²) in [5.41, 5.74) is 1.09. The largest absolute Gasteiger partial charge is 0.314 e. The Labute approximate surface area is 105 Å². The number of rotatable bonds is 6. The minimum Gasteiger partial charge on any atom is -0.314 e. The number of Topliss-reactive ketones (excluding diaryl/α,β-unsaturated/α-hetero) is 1. The molecule has 2 rings (SSSR count). The quantitative estimate of drug-likeness (QED) is 0.869. The van der Waals surface area contributed by atoms with Crippen LogP contribution >= 0.6 is 15.9 Å². The predicted octanol–water partition coefficient (Wildman–Crippen LogP) is 2.70. The molecular formula is C13H16BrNO. The Balaban J connectivity index is 1.73. The molecule has 0 amide bonds. The normalized spacial score (nSPS) is 15.1. The van der Waals surface area contributed by atoms with E-state index in [0.717, 1.165) is 16.6 Å². The Bertz CT molecular complexity index is 374. The van der Waals surface area contributed by atoms with Gasteiger partial charge in [-0.2, -0.15) is 0 Å². The maximum absolute atomic E-state index is 11.7. The van der Waals surface area contributed by atoms with Crippen LogP contribution in [0, 0.1) is 0 Å². The first kappa shape index (κ1) is 11.8. The Morgan fingerprint density at radius 3 is 2.94 bits per heavy atom. The fraction of sp³-hybridized carbons (Fsp3) is 0.462. The molecule has 0 atom stereocenters. The van der Waals surface area contributed by atoms with Gasteiger partial charge in [-0.25, -0.2) is 0 Å². The van der Waals surface area contributed by atoms with Gasteiger partial charge in [0.05, 0.1) is 0 Å². The molecular weight excluding hydrogens is 266 g/mol. The summed E-state index contributed by atoms with van der Waals surface area (Å²) >= 11 is 3.41. The van der Waals surface area contributed by atoms with Crippen LogP contribution in [0.15, 0.2) is 28.7 Å². The van der Waals surface area contributed by atoms with Gasteiger partial charge in [0.1, 0.15) is 5.78 Å². The zero-order valence-electron chi connectivity index (χ0n) is 9.21. The number of benzene rings is 1. The lowest BCUT2D eigenvalue weighted by atomic mass is 10.1. The number of carbonyl (C=O) groups excluding carboxylic acids is 1. The second kappa shape index (κ2) is 5.60. The van der Waals surface area contributed by atoms with Crippen LogP contribution in [0.5, 0.6) is 0 Å². The van der Waals surface area contributed by atoms with Crippen LogP contribution in [-0.4, -0.2) is 18.4 Å². The van der Waals surface area contributed by atoms with E-state index in [9.17, 15) is 4.79 Å². The van der Waals surface area contributed by atoms with Crippen molar-refractivity contribution < 1.29 is 4.79 Å². The Morgan fingerprint density at radius 2 is 2.25 bits per heavy atom. The third-order valence-corrected chi connectivity index (χ3v) is 3.20. The smallest absolute Gasteiger partial charge is 0.138 e. The van der Waals surface area contributed by atoms with Crippen molar-refractivity contribution in [3.63, 3.8) is 0 Å². The van der Waals surface area contributed by atoms with Crippen LogP contribution in [-0.2, 0) is 11.2 Å². The van der Waals surface area contributed by atoms with Crippen molar-refractivity contribution in [3.05, 3.63) is 34.3 Å². The first-order valence-corrected chi connectivity index (χ1v) is 6.53. The number of ketones is 1. The molecule has 0 unspecified atom stereocenters. The average molecular weight is 282 g/mol. The average Bonchev–Trinajstić information content (AvgIpc) is 3.01. The van der Waals surface area contributed by atoms with Gasteiger partial charge in [-0.05, 0) is 30.5 Å². The monoisotopic (exact) mass is 281 g/mol. The Kier molecular flexibility index (Phi) is 4.13. The standard InChI is InChI=1S/C13H16BrNO/c14-11-3-1-2-10(8-11)9-13(16)6-7-15-12-4-5-12/h1-3,8,12,15H,4-7,9H2. The fourth-order valence-corrected chi connectivity index (χ4v) is 2.11. The van der Waals surface area contributed by atoms with Gasteiger partial charge in [-0.1, -0.05) is 28.1 Å². The summed E-state index contributed by atoms with van der Waals surface area (Å²) < 4.78 is 1.04. The van der Waals surface area contributed by atoms with Crippen LogP contribution < -0.4 is 5.32 Å². The first-order valence-electron chi connectivity index (χ1n) is 5.73. The SMILES string of the molecule is O=C(CCNC1CC1)Cc1cccc(Br)c1. The molecule has 0 saturated heterocycles. The summed E-state index contributed by atoms with van der Waals surface area (Å²) in [7, 11) is 0. The van der Waals surface area contributed by atoms with E-state index in [1.807, 2.05) is 24.3 Å². The van der Waals surface area contributed by atoms with E-state index in [1.54, 1.807) is 0 Å². The minimum absolute atomic E-state index is 0.311. The predicted molar refractivity (Wildman–Crippen MR) is 68.5 cm³/mol. The molecule has 1 aromatic carbocycles. The third kappa shape index (κ3) is 4.06. The third-order valence-electron chi connectivity index (χ3n) is 2.70. The fourth-order valence-electron chi connectivity index (χ4n) is 1.67. The maximum atomic E-state index is 11.7. The molecule has 0 heterocycles. The molecule has 0 radical (unpaired) electrons. The van der Waals surface area contributed by atoms with E-state index >= 15 is 0 Å². The number of hydrogen-bond acceptors (Lipinski definition) is 2. The van der Waals surface area contributed by atoms with Gasteiger partial charge in [-0.15, -0.1) is 0 Å². The van der Waals surface area contributed by atoms with Crippen LogP contribution in [0.4, 0.5) is 0 Å². The highest BCUT2D eigenvalue weighted by Gasteiger charge is 2.20. The molecule has 0 aliphatic heterocycles. The first-order chi connectivity index (χ1) is 7.74. The van der Waals surface area contributed by atoms with Crippen molar-refractivity contribution in [1.82, 2.24) is 5.32 Å². The molecule has 1 saturated carbocycles. The molecule has 1 fully saturated rings. The molecule has 2 nitrogen and oxygen atoms in total. The summed E-state index contributed by atoms with van der Waals surface area (Å²) in [6.07, 6.45) is 3.74. The highest BCUT2D eigenvalue weighted by Crippen LogP contribution is 2.18. The Morgan fingerprint density at radius 1 is 1.44 bits per heavy atom. The molecule has 0 aromatic heterocycles. The topological polar surface area (TPSA) is 29.1 Å². The summed E-state index contributed by atoms with van der Waals surface area (Å²) in [5, 5.41) is 3.35. The highest BCUT2D eigenvalue weighted by atomic mass is 79.9. The number of hydrogen-bond donors (Lipinski definition) is 1. The lowest BCUT2D eigenvalue weighted by Crippen LogP contribution is -2.20. The van der Waals surface area contributed by atoms with E-state index < -0.39 is 0 Å². The zero-order chi connectivity index (χ0) is 11.4. The molecule has 1 aromatic rings. The molecule has 16 heavy (non-hydrogen) atoms. The van der Waals surface area contributed by atoms with Gasteiger partial charge in [0.15, 0.2) is 0 Å². The van der Waals surface area contributed by atoms with Crippen molar-refractivity contribution in [2.75, 3.05) is 6.54 Å².